The highest BCUT2D eigenvalue weighted by atomic mass is 79.9. The lowest BCUT2D eigenvalue weighted by Gasteiger charge is -2.13. The van der Waals surface area contributed by atoms with E-state index >= 15 is 0 Å². The van der Waals surface area contributed by atoms with Crippen molar-refractivity contribution in [3.63, 3.8) is 0 Å². The number of hydrogen-bond donors (Lipinski definition) is 0. The Kier molecular flexibility index (Phi) is 3.82. The van der Waals surface area contributed by atoms with Crippen LogP contribution in [0.1, 0.15) is 15.9 Å². The summed E-state index contributed by atoms with van der Waals surface area (Å²) in [6.07, 6.45) is -2.97. The first-order chi connectivity index (χ1) is 9.24. The minimum Gasteiger partial charge on any atom is -0.465 e. The van der Waals surface area contributed by atoms with Gasteiger partial charge in [-0.1, -0.05) is 15.9 Å². The van der Waals surface area contributed by atoms with E-state index in [-0.39, 0.29) is 5.56 Å². The van der Waals surface area contributed by atoms with Crippen molar-refractivity contribution in [1.29, 1.82) is 0 Å². The average Bonchev–Trinajstić information content (AvgIpc) is 2.75. The zero-order valence-corrected chi connectivity index (χ0v) is 12.3. The Hall–Kier alpha value is -1.50. The second kappa shape index (κ2) is 5.12. The predicted octanol–water partition coefficient (Wildman–Crippen LogP) is 4.06. The van der Waals surface area contributed by atoms with Gasteiger partial charge in [0.15, 0.2) is 0 Å². The quantitative estimate of drug-likeness (QED) is 0.765. The van der Waals surface area contributed by atoms with E-state index in [9.17, 15) is 18.0 Å². The molecular weight excluding hydrogens is 339 g/mol. The second-order valence-electron chi connectivity index (χ2n) is 4.34. The van der Waals surface area contributed by atoms with Crippen LogP contribution in [0.3, 0.4) is 0 Å². The number of benzene rings is 1. The summed E-state index contributed by atoms with van der Waals surface area (Å²) in [7, 11) is 1.23. The first-order valence-corrected chi connectivity index (χ1v) is 6.47. The molecule has 1 aromatic carbocycles. The van der Waals surface area contributed by atoms with Gasteiger partial charge in [-0.3, -0.25) is 0 Å². The molecule has 0 amide bonds. The lowest BCUT2D eigenvalue weighted by atomic mass is 10.1. The summed E-state index contributed by atoms with van der Waals surface area (Å²) in [5.41, 5.74) is 1.08. The Balaban J connectivity index is 2.69. The van der Waals surface area contributed by atoms with Gasteiger partial charge < -0.3 is 9.30 Å². The molecule has 0 saturated heterocycles. The maximum atomic E-state index is 12.6. The number of carbonyl (C=O) groups is 1. The van der Waals surface area contributed by atoms with Crippen molar-refractivity contribution in [1.82, 2.24) is 4.57 Å². The van der Waals surface area contributed by atoms with E-state index in [1.165, 1.54) is 13.3 Å². The molecular formula is C13H11BrF3NO2. The number of hydrogen-bond acceptors (Lipinski definition) is 2. The van der Waals surface area contributed by atoms with Crippen LogP contribution in [-0.2, 0) is 11.3 Å². The van der Waals surface area contributed by atoms with Gasteiger partial charge in [-0.05, 0) is 24.6 Å². The molecule has 0 fully saturated rings. The molecule has 0 radical (unpaired) electrons. The van der Waals surface area contributed by atoms with Gasteiger partial charge in [0, 0.05) is 16.1 Å². The monoisotopic (exact) mass is 349 g/mol. The normalized spacial score (nSPS) is 11.9. The third kappa shape index (κ3) is 2.67. The van der Waals surface area contributed by atoms with E-state index in [1.807, 2.05) is 0 Å². The molecule has 1 heterocycles. The fourth-order valence-electron chi connectivity index (χ4n) is 2.17. The number of ether oxygens (including phenoxy) is 1. The minimum atomic E-state index is -4.33. The molecule has 0 aliphatic carbocycles. The molecule has 3 nitrogen and oxygen atoms in total. The third-order valence-corrected chi connectivity index (χ3v) is 3.66. The average molecular weight is 350 g/mol. The molecule has 0 bridgehead atoms. The molecule has 0 spiro atoms. The van der Waals surface area contributed by atoms with Gasteiger partial charge >= 0.3 is 12.1 Å². The van der Waals surface area contributed by atoms with E-state index in [4.69, 9.17) is 0 Å². The van der Waals surface area contributed by atoms with Crippen LogP contribution in [0.15, 0.2) is 22.8 Å². The highest BCUT2D eigenvalue weighted by Crippen LogP contribution is 2.32. The van der Waals surface area contributed by atoms with Crippen LogP contribution in [0.25, 0.3) is 10.9 Å². The summed E-state index contributed by atoms with van der Waals surface area (Å²) >= 11 is 3.27. The van der Waals surface area contributed by atoms with Gasteiger partial charge in [-0.15, -0.1) is 0 Å². The smallest absolute Gasteiger partial charge is 0.406 e. The van der Waals surface area contributed by atoms with Crippen molar-refractivity contribution in [3.05, 3.63) is 33.9 Å². The predicted molar refractivity (Wildman–Crippen MR) is 71.8 cm³/mol. The van der Waals surface area contributed by atoms with E-state index in [2.05, 4.69) is 20.7 Å². The number of rotatable bonds is 2. The highest BCUT2D eigenvalue weighted by Gasteiger charge is 2.29. The van der Waals surface area contributed by atoms with Crippen molar-refractivity contribution < 1.29 is 22.7 Å². The first-order valence-electron chi connectivity index (χ1n) is 5.67. The standard InChI is InChI=1S/C13H11BrF3NO2/c1-7-9(12(19)20-2)5-10(14)8-3-4-18(11(7)8)6-13(15,16)17/h3-5H,6H2,1-2H3. The van der Waals surface area contributed by atoms with Crippen LogP contribution in [0, 0.1) is 6.92 Å². The number of halogens is 4. The molecule has 0 unspecified atom stereocenters. The van der Waals surface area contributed by atoms with Crippen molar-refractivity contribution in [2.75, 3.05) is 7.11 Å². The van der Waals surface area contributed by atoms with Crippen molar-refractivity contribution >= 4 is 32.8 Å². The summed E-state index contributed by atoms with van der Waals surface area (Å²) in [6.45, 7) is 0.502. The lowest BCUT2D eigenvalue weighted by Crippen LogP contribution is -2.17. The minimum absolute atomic E-state index is 0.244. The number of nitrogens with zero attached hydrogens (tertiary/aromatic N) is 1. The fraction of sp³-hybridized carbons (Fsp3) is 0.308. The summed E-state index contributed by atoms with van der Waals surface area (Å²) in [6, 6.07) is 3.14. The number of aryl methyl sites for hydroxylation is 1. The van der Waals surface area contributed by atoms with Gasteiger partial charge in [-0.25, -0.2) is 4.79 Å². The molecule has 0 saturated carbocycles. The lowest BCUT2D eigenvalue weighted by molar-refractivity contribution is -0.139. The molecule has 0 atom stereocenters. The van der Waals surface area contributed by atoms with E-state index in [0.717, 1.165) is 4.57 Å². The summed E-state index contributed by atoms with van der Waals surface area (Å²) in [4.78, 5) is 11.7. The molecule has 0 aliphatic heterocycles. The Labute approximate surface area is 121 Å². The van der Waals surface area contributed by atoms with Gasteiger partial charge in [0.25, 0.3) is 0 Å². The number of alkyl halides is 3. The first kappa shape index (κ1) is 14.9. The molecule has 0 aliphatic rings. The summed E-state index contributed by atoms with van der Waals surface area (Å²) in [5.74, 6) is -0.579. The van der Waals surface area contributed by atoms with Crippen LogP contribution < -0.4 is 0 Å². The molecule has 0 N–H and O–H groups in total. The van der Waals surface area contributed by atoms with Gasteiger partial charge in [0.2, 0.25) is 0 Å². The fourth-order valence-corrected chi connectivity index (χ4v) is 2.72. The van der Waals surface area contributed by atoms with Gasteiger partial charge in [0.1, 0.15) is 6.54 Å². The van der Waals surface area contributed by atoms with E-state index in [1.54, 1.807) is 19.1 Å². The van der Waals surface area contributed by atoms with Gasteiger partial charge in [-0.2, -0.15) is 13.2 Å². The van der Waals surface area contributed by atoms with Gasteiger partial charge in [0.05, 0.1) is 18.2 Å². The summed E-state index contributed by atoms with van der Waals surface area (Å²) < 4.78 is 44.0. The van der Waals surface area contributed by atoms with Crippen LogP contribution in [0.2, 0.25) is 0 Å². The highest BCUT2D eigenvalue weighted by molar-refractivity contribution is 9.10. The number of carbonyl (C=O) groups excluding carboxylic acids is 1. The molecule has 20 heavy (non-hydrogen) atoms. The molecule has 108 valence electrons. The van der Waals surface area contributed by atoms with Crippen molar-refractivity contribution in [2.45, 2.75) is 19.6 Å². The topological polar surface area (TPSA) is 31.2 Å². The zero-order chi connectivity index (χ0) is 15.1. The third-order valence-electron chi connectivity index (χ3n) is 3.01. The summed E-state index contributed by atoms with van der Waals surface area (Å²) in [5, 5.41) is 0.624. The van der Waals surface area contributed by atoms with E-state index in [0.29, 0.717) is 20.9 Å². The van der Waals surface area contributed by atoms with Crippen LogP contribution in [0.4, 0.5) is 13.2 Å². The molecule has 2 aromatic rings. The van der Waals surface area contributed by atoms with Crippen molar-refractivity contribution in [2.24, 2.45) is 0 Å². The molecule has 7 heteroatoms. The number of esters is 1. The zero-order valence-electron chi connectivity index (χ0n) is 10.7. The SMILES string of the molecule is COC(=O)c1cc(Br)c2ccn(CC(F)(F)F)c2c1C. The largest absolute Gasteiger partial charge is 0.465 e. The molecule has 2 rings (SSSR count). The van der Waals surface area contributed by atoms with E-state index < -0.39 is 18.7 Å². The Morgan fingerprint density at radius 2 is 2.10 bits per heavy atom. The number of methoxy groups -OCH3 is 1. The maximum absolute atomic E-state index is 12.6. The Morgan fingerprint density at radius 3 is 2.65 bits per heavy atom. The maximum Gasteiger partial charge on any atom is 0.406 e. The Morgan fingerprint density at radius 1 is 1.45 bits per heavy atom. The van der Waals surface area contributed by atoms with Crippen LogP contribution in [0.5, 0.6) is 0 Å². The van der Waals surface area contributed by atoms with Crippen LogP contribution >= 0.6 is 15.9 Å². The second-order valence-corrected chi connectivity index (χ2v) is 5.20. The number of fused-ring (bicyclic) bond motifs is 1. The van der Waals surface area contributed by atoms with Crippen LogP contribution in [-0.4, -0.2) is 23.8 Å². The van der Waals surface area contributed by atoms with Crippen molar-refractivity contribution in [3.8, 4) is 0 Å². The number of aromatic nitrogens is 1. The molecule has 1 aromatic heterocycles. The Bertz CT molecular complexity index is 676.